The van der Waals surface area contributed by atoms with E-state index in [1.54, 1.807) is 4.90 Å². The van der Waals surface area contributed by atoms with Gasteiger partial charge in [0.05, 0.1) is 7.11 Å². The minimum atomic E-state index is -0.485. The van der Waals surface area contributed by atoms with E-state index >= 15 is 0 Å². The van der Waals surface area contributed by atoms with E-state index < -0.39 is 5.60 Å². The molecule has 6 heteroatoms. The summed E-state index contributed by atoms with van der Waals surface area (Å²) in [5.41, 5.74) is -0.485. The zero-order valence-corrected chi connectivity index (χ0v) is 14.0. The first-order valence-corrected chi connectivity index (χ1v) is 7.45. The maximum Gasteiger partial charge on any atom is 0.410 e. The van der Waals surface area contributed by atoms with Crippen LogP contribution in [0.15, 0.2) is 0 Å². The number of hydrogen-bond acceptors (Lipinski definition) is 5. The van der Waals surface area contributed by atoms with Crippen molar-refractivity contribution in [2.24, 2.45) is 5.92 Å². The zero-order chi connectivity index (χ0) is 16.2. The normalized spacial score (nSPS) is 18.5. The molecule has 1 aliphatic heterocycles. The van der Waals surface area contributed by atoms with Crippen molar-refractivity contribution in [3.05, 3.63) is 0 Å². The second-order valence-electron chi connectivity index (χ2n) is 6.72. The van der Waals surface area contributed by atoms with Gasteiger partial charge in [0, 0.05) is 26.2 Å². The highest BCUT2D eigenvalue weighted by Crippen LogP contribution is 2.17. The van der Waals surface area contributed by atoms with Gasteiger partial charge in [0.15, 0.2) is 0 Å². The van der Waals surface area contributed by atoms with Crippen LogP contribution in [0.25, 0.3) is 0 Å². The predicted molar refractivity (Wildman–Crippen MR) is 80.0 cm³/mol. The molecule has 1 amide bonds. The van der Waals surface area contributed by atoms with Gasteiger partial charge in [-0.2, -0.15) is 0 Å². The zero-order valence-electron chi connectivity index (χ0n) is 14.0. The lowest BCUT2D eigenvalue weighted by atomic mass is 10.0. The molecule has 1 atom stereocenters. The summed E-state index contributed by atoms with van der Waals surface area (Å²) < 4.78 is 10.2. The molecule has 1 aliphatic rings. The molecular formula is C15H28N2O4. The number of hydrogen-bond donors (Lipinski definition) is 0. The van der Waals surface area contributed by atoms with Gasteiger partial charge in [0.2, 0.25) is 0 Å². The Morgan fingerprint density at radius 1 is 1.05 bits per heavy atom. The average Bonchev–Trinajstić information content (AvgIpc) is 2.37. The van der Waals surface area contributed by atoms with Crippen LogP contribution in [0, 0.1) is 5.92 Å². The number of nitrogens with zero attached hydrogens (tertiary/aromatic N) is 2. The minimum absolute atomic E-state index is 0.172. The molecule has 0 radical (unpaired) electrons. The van der Waals surface area contributed by atoms with Crippen LogP contribution < -0.4 is 0 Å². The Morgan fingerprint density at radius 2 is 1.57 bits per heavy atom. The highest BCUT2D eigenvalue weighted by atomic mass is 16.6. The van der Waals surface area contributed by atoms with Crippen LogP contribution in [0.5, 0.6) is 0 Å². The number of amides is 1. The molecule has 0 spiro atoms. The monoisotopic (exact) mass is 300 g/mol. The van der Waals surface area contributed by atoms with Gasteiger partial charge in [-0.15, -0.1) is 0 Å². The van der Waals surface area contributed by atoms with E-state index in [0.29, 0.717) is 26.2 Å². The molecule has 1 saturated heterocycles. The summed E-state index contributed by atoms with van der Waals surface area (Å²) in [5, 5.41) is 0. The van der Waals surface area contributed by atoms with E-state index in [1.165, 1.54) is 7.11 Å². The van der Waals surface area contributed by atoms with E-state index in [1.807, 2.05) is 34.6 Å². The largest absolute Gasteiger partial charge is 0.468 e. The predicted octanol–water partition coefficient (Wildman–Crippen LogP) is 1.74. The molecule has 0 unspecified atom stereocenters. The van der Waals surface area contributed by atoms with E-state index in [2.05, 4.69) is 4.90 Å². The van der Waals surface area contributed by atoms with Gasteiger partial charge in [-0.1, -0.05) is 13.8 Å². The van der Waals surface area contributed by atoms with Crippen molar-refractivity contribution in [1.29, 1.82) is 0 Å². The van der Waals surface area contributed by atoms with Crippen LogP contribution in [0.1, 0.15) is 34.6 Å². The molecule has 0 aliphatic carbocycles. The van der Waals surface area contributed by atoms with Gasteiger partial charge in [0.25, 0.3) is 0 Å². The van der Waals surface area contributed by atoms with Gasteiger partial charge >= 0.3 is 12.1 Å². The van der Waals surface area contributed by atoms with E-state index in [0.717, 1.165) is 0 Å². The summed E-state index contributed by atoms with van der Waals surface area (Å²) >= 11 is 0. The van der Waals surface area contributed by atoms with E-state index in [9.17, 15) is 9.59 Å². The fraction of sp³-hybridized carbons (Fsp3) is 0.867. The van der Waals surface area contributed by atoms with Crippen molar-refractivity contribution in [2.75, 3.05) is 33.3 Å². The van der Waals surface area contributed by atoms with Crippen molar-refractivity contribution in [1.82, 2.24) is 9.80 Å². The first-order valence-electron chi connectivity index (χ1n) is 7.45. The van der Waals surface area contributed by atoms with Crippen molar-refractivity contribution in [3.8, 4) is 0 Å². The summed E-state index contributed by atoms with van der Waals surface area (Å²) in [6.07, 6.45) is -0.290. The molecule has 0 aromatic heterocycles. The minimum Gasteiger partial charge on any atom is -0.468 e. The number of methoxy groups -OCH3 is 1. The molecular weight excluding hydrogens is 272 g/mol. The van der Waals surface area contributed by atoms with Gasteiger partial charge in [-0.05, 0) is 26.7 Å². The number of rotatable bonds is 3. The summed E-state index contributed by atoms with van der Waals surface area (Å²) in [4.78, 5) is 27.7. The molecule has 0 bridgehead atoms. The number of carbonyl (C=O) groups is 2. The molecule has 1 heterocycles. The standard InChI is InChI=1S/C15H28N2O4/c1-11(2)12(13(18)20-6)16-7-9-17(10-8-16)14(19)21-15(3,4)5/h11-12H,7-10H2,1-6H3/t12-/m1/s1. The Kier molecular flexibility index (Phi) is 6.01. The fourth-order valence-electron chi connectivity index (χ4n) is 2.47. The molecule has 0 aromatic rings. The molecule has 1 rings (SSSR count). The first kappa shape index (κ1) is 17.8. The number of carbonyl (C=O) groups excluding carboxylic acids is 2. The summed E-state index contributed by atoms with van der Waals surface area (Å²) in [6, 6.07) is -0.254. The second kappa shape index (κ2) is 7.11. The molecule has 0 N–H and O–H groups in total. The Morgan fingerprint density at radius 3 is 1.95 bits per heavy atom. The third-order valence-corrected chi connectivity index (χ3v) is 3.43. The van der Waals surface area contributed by atoms with Gasteiger partial charge < -0.3 is 14.4 Å². The molecule has 1 fully saturated rings. The quantitative estimate of drug-likeness (QED) is 0.743. The van der Waals surface area contributed by atoms with Crippen LogP contribution >= 0.6 is 0 Å². The van der Waals surface area contributed by atoms with Crippen molar-refractivity contribution < 1.29 is 19.1 Å². The number of piperazine rings is 1. The molecule has 122 valence electrons. The summed E-state index contributed by atoms with van der Waals surface area (Å²) in [5.74, 6) is -0.0405. The lowest BCUT2D eigenvalue weighted by Crippen LogP contribution is -2.56. The van der Waals surface area contributed by atoms with Gasteiger partial charge in [-0.25, -0.2) is 4.79 Å². The maximum absolute atomic E-state index is 12.0. The van der Waals surface area contributed by atoms with Crippen LogP contribution in [-0.4, -0.2) is 66.8 Å². The van der Waals surface area contributed by atoms with Crippen LogP contribution in [0.4, 0.5) is 4.79 Å². The molecule has 0 saturated carbocycles. The average molecular weight is 300 g/mol. The third kappa shape index (κ3) is 5.19. The highest BCUT2D eigenvalue weighted by molar-refractivity contribution is 5.76. The topological polar surface area (TPSA) is 59.1 Å². The third-order valence-electron chi connectivity index (χ3n) is 3.43. The SMILES string of the molecule is COC(=O)[C@@H](C(C)C)N1CCN(C(=O)OC(C)(C)C)CC1. The Labute approximate surface area is 127 Å². The van der Waals surface area contributed by atoms with Crippen molar-refractivity contribution in [2.45, 2.75) is 46.3 Å². The summed E-state index contributed by atoms with van der Waals surface area (Å²) in [6.45, 7) is 12.0. The molecule has 0 aromatic carbocycles. The summed E-state index contributed by atoms with van der Waals surface area (Å²) in [7, 11) is 1.41. The Hall–Kier alpha value is -1.30. The second-order valence-corrected chi connectivity index (χ2v) is 6.72. The lowest BCUT2D eigenvalue weighted by Gasteiger charge is -2.39. The van der Waals surface area contributed by atoms with Crippen LogP contribution in [0.2, 0.25) is 0 Å². The van der Waals surface area contributed by atoms with Crippen molar-refractivity contribution in [3.63, 3.8) is 0 Å². The molecule has 6 nitrogen and oxygen atoms in total. The lowest BCUT2D eigenvalue weighted by molar-refractivity contribution is -0.149. The van der Waals surface area contributed by atoms with Gasteiger partial charge in [0.1, 0.15) is 11.6 Å². The fourth-order valence-corrected chi connectivity index (χ4v) is 2.47. The van der Waals surface area contributed by atoms with E-state index in [4.69, 9.17) is 9.47 Å². The maximum atomic E-state index is 12.0. The Balaban J connectivity index is 2.58. The van der Waals surface area contributed by atoms with E-state index in [-0.39, 0.29) is 24.0 Å². The highest BCUT2D eigenvalue weighted by Gasteiger charge is 2.34. The number of esters is 1. The van der Waals surface area contributed by atoms with Gasteiger partial charge in [-0.3, -0.25) is 9.69 Å². The van der Waals surface area contributed by atoms with Crippen molar-refractivity contribution >= 4 is 12.1 Å². The van der Waals surface area contributed by atoms with Crippen LogP contribution in [0.3, 0.4) is 0 Å². The first-order chi connectivity index (χ1) is 9.65. The smallest absolute Gasteiger partial charge is 0.410 e. The molecule has 21 heavy (non-hydrogen) atoms. The Bertz CT molecular complexity index is 368. The van der Waals surface area contributed by atoms with Crippen LogP contribution in [-0.2, 0) is 14.3 Å². The number of ether oxygens (including phenoxy) is 2.